The lowest BCUT2D eigenvalue weighted by Gasteiger charge is -2.25. The summed E-state index contributed by atoms with van der Waals surface area (Å²) in [4.78, 5) is 29.0. The van der Waals surface area contributed by atoms with E-state index >= 15 is 0 Å². The monoisotopic (exact) mass is 359 g/mol. The highest BCUT2D eigenvalue weighted by atomic mass is 16.2. The molecule has 2 heterocycles. The first-order chi connectivity index (χ1) is 12.6. The number of hydrogen-bond donors (Lipinski definition) is 1. The Morgan fingerprint density at radius 2 is 2.08 bits per heavy atom. The van der Waals surface area contributed by atoms with Gasteiger partial charge in [0.25, 0.3) is 0 Å². The third-order valence-electron chi connectivity index (χ3n) is 5.91. The predicted octanol–water partition coefficient (Wildman–Crippen LogP) is 1.89. The van der Waals surface area contributed by atoms with E-state index in [9.17, 15) is 9.59 Å². The van der Waals surface area contributed by atoms with Crippen molar-refractivity contribution in [2.24, 2.45) is 13.0 Å². The number of likely N-dealkylation sites (tertiary alicyclic amines) is 1. The van der Waals surface area contributed by atoms with Crippen LogP contribution in [-0.2, 0) is 18.4 Å². The van der Waals surface area contributed by atoms with Crippen LogP contribution in [0.3, 0.4) is 0 Å². The van der Waals surface area contributed by atoms with Crippen molar-refractivity contribution in [3.05, 3.63) is 18.0 Å². The van der Waals surface area contributed by atoms with Crippen molar-refractivity contribution in [3.63, 3.8) is 0 Å². The van der Waals surface area contributed by atoms with Crippen molar-refractivity contribution in [1.29, 1.82) is 0 Å². The number of aromatic nitrogens is 2. The Hall–Kier alpha value is -2.05. The van der Waals surface area contributed by atoms with E-state index in [1.165, 1.54) is 12.8 Å². The van der Waals surface area contributed by atoms with Crippen molar-refractivity contribution >= 4 is 11.9 Å². The van der Waals surface area contributed by atoms with Crippen molar-refractivity contribution in [2.45, 2.75) is 63.6 Å². The van der Waals surface area contributed by atoms with Gasteiger partial charge >= 0.3 is 6.03 Å². The summed E-state index contributed by atoms with van der Waals surface area (Å²) in [7, 11) is 1.89. The Balaban J connectivity index is 1.29. The minimum atomic E-state index is -0.0110. The summed E-state index contributed by atoms with van der Waals surface area (Å²) in [5.74, 6) is 0.511. The third kappa shape index (κ3) is 3.86. The Labute approximate surface area is 154 Å². The highest BCUT2D eigenvalue weighted by Gasteiger charge is 2.37. The van der Waals surface area contributed by atoms with E-state index in [0.29, 0.717) is 31.6 Å². The Morgan fingerprint density at radius 3 is 2.73 bits per heavy atom. The lowest BCUT2D eigenvalue weighted by molar-refractivity contribution is -0.129. The van der Waals surface area contributed by atoms with Gasteiger partial charge in [0.15, 0.2) is 0 Å². The van der Waals surface area contributed by atoms with E-state index in [0.717, 1.165) is 37.8 Å². The van der Waals surface area contributed by atoms with Gasteiger partial charge in [0.05, 0.1) is 12.7 Å². The summed E-state index contributed by atoms with van der Waals surface area (Å²) in [6, 6.07) is 0.773. The maximum Gasteiger partial charge on any atom is 0.317 e. The zero-order valence-corrected chi connectivity index (χ0v) is 15.6. The van der Waals surface area contributed by atoms with Crippen LogP contribution >= 0.6 is 0 Å². The lowest BCUT2D eigenvalue weighted by atomic mass is 10.1. The van der Waals surface area contributed by atoms with Crippen molar-refractivity contribution in [2.75, 3.05) is 13.1 Å². The fourth-order valence-electron chi connectivity index (χ4n) is 4.35. The smallest absolute Gasteiger partial charge is 0.317 e. The second-order valence-corrected chi connectivity index (χ2v) is 8.12. The number of amides is 3. The maximum atomic E-state index is 12.7. The molecule has 26 heavy (non-hydrogen) atoms. The lowest BCUT2D eigenvalue weighted by Crippen LogP contribution is -2.43. The van der Waals surface area contributed by atoms with Gasteiger partial charge in [-0.15, -0.1) is 0 Å². The molecule has 0 aromatic carbocycles. The van der Waals surface area contributed by atoms with Gasteiger partial charge in [0, 0.05) is 56.3 Å². The molecule has 2 saturated carbocycles. The standard InChI is InChI=1S/C19H29N5O2/c1-22-11-15(10-21-22)13-24(17-6-7-17)19(26)20-9-14-8-18(25)23(12-14)16-4-2-3-5-16/h10-11,14,16-17H,2-9,12-13H2,1H3,(H,20,26). The fraction of sp³-hybridized carbons (Fsp3) is 0.737. The molecule has 1 atom stereocenters. The van der Waals surface area contributed by atoms with Crippen LogP contribution in [0.1, 0.15) is 50.5 Å². The number of urea groups is 1. The molecule has 1 aliphatic heterocycles. The molecule has 1 saturated heterocycles. The number of hydrogen-bond acceptors (Lipinski definition) is 3. The average Bonchev–Trinajstić information content (AvgIpc) is 3.00. The first-order valence-corrected chi connectivity index (χ1v) is 9.91. The topological polar surface area (TPSA) is 70.5 Å². The van der Waals surface area contributed by atoms with Crippen molar-refractivity contribution in [3.8, 4) is 0 Å². The minimum Gasteiger partial charge on any atom is -0.339 e. The molecular weight excluding hydrogens is 330 g/mol. The Bertz CT molecular complexity index is 663. The Morgan fingerprint density at radius 1 is 1.31 bits per heavy atom. The van der Waals surface area contributed by atoms with E-state index in [1.807, 2.05) is 24.3 Å². The zero-order chi connectivity index (χ0) is 18.1. The molecule has 1 aromatic rings. The van der Waals surface area contributed by atoms with Gasteiger partial charge in [-0.3, -0.25) is 9.48 Å². The predicted molar refractivity (Wildman–Crippen MR) is 97.2 cm³/mol. The number of carbonyl (C=O) groups is 2. The van der Waals surface area contributed by atoms with Crippen LogP contribution in [-0.4, -0.2) is 56.7 Å². The molecule has 1 aromatic heterocycles. The van der Waals surface area contributed by atoms with Gasteiger partial charge < -0.3 is 15.1 Å². The van der Waals surface area contributed by atoms with E-state index in [-0.39, 0.29) is 17.9 Å². The number of nitrogens with one attached hydrogen (secondary N) is 1. The van der Waals surface area contributed by atoms with Gasteiger partial charge in [-0.05, 0) is 25.7 Å². The first-order valence-electron chi connectivity index (χ1n) is 9.91. The molecule has 1 unspecified atom stereocenters. The molecule has 7 nitrogen and oxygen atoms in total. The van der Waals surface area contributed by atoms with Crippen LogP contribution in [0, 0.1) is 5.92 Å². The zero-order valence-electron chi connectivity index (χ0n) is 15.6. The molecule has 2 aliphatic carbocycles. The fourth-order valence-corrected chi connectivity index (χ4v) is 4.35. The van der Waals surface area contributed by atoms with E-state index in [1.54, 1.807) is 4.68 Å². The van der Waals surface area contributed by atoms with Gasteiger partial charge in [0.1, 0.15) is 0 Å². The number of rotatable bonds is 6. The van der Waals surface area contributed by atoms with Gasteiger partial charge in [-0.25, -0.2) is 4.79 Å². The molecule has 7 heteroatoms. The second-order valence-electron chi connectivity index (χ2n) is 8.12. The number of carbonyl (C=O) groups excluding carboxylic acids is 2. The highest BCUT2D eigenvalue weighted by Crippen LogP contribution is 2.30. The summed E-state index contributed by atoms with van der Waals surface area (Å²) in [5, 5.41) is 7.27. The minimum absolute atomic E-state index is 0.0110. The normalized spacial score (nSPS) is 23.7. The largest absolute Gasteiger partial charge is 0.339 e. The molecular formula is C19H29N5O2. The summed E-state index contributed by atoms with van der Waals surface area (Å²) < 4.78 is 1.76. The molecule has 1 N–H and O–H groups in total. The van der Waals surface area contributed by atoms with Crippen molar-refractivity contribution in [1.82, 2.24) is 24.9 Å². The number of aryl methyl sites for hydroxylation is 1. The van der Waals surface area contributed by atoms with E-state index < -0.39 is 0 Å². The maximum absolute atomic E-state index is 12.7. The summed E-state index contributed by atoms with van der Waals surface area (Å²) in [6.07, 6.45) is 11.3. The summed E-state index contributed by atoms with van der Waals surface area (Å²) >= 11 is 0. The molecule has 0 bridgehead atoms. The van der Waals surface area contributed by atoms with E-state index in [4.69, 9.17) is 0 Å². The van der Waals surface area contributed by atoms with Crippen LogP contribution in [0.5, 0.6) is 0 Å². The molecule has 3 aliphatic rings. The quantitative estimate of drug-likeness (QED) is 0.843. The van der Waals surface area contributed by atoms with E-state index in [2.05, 4.69) is 15.3 Å². The summed E-state index contributed by atoms with van der Waals surface area (Å²) in [5.41, 5.74) is 1.05. The van der Waals surface area contributed by atoms with Crippen molar-refractivity contribution < 1.29 is 9.59 Å². The van der Waals surface area contributed by atoms with Crippen LogP contribution < -0.4 is 5.32 Å². The average molecular weight is 359 g/mol. The summed E-state index contributed by atoms with van der Waals surface area (Å²) in [6.45, 7) is 1.99. The molecule has 0 spiro atoms. The van der Waals surface area contributed by atoms with Crippen LogP contribution in [0.2, 0.25) is 0 Å². The van der Waals surface area contributed by atoms with Crippen LogP contribution in [0.15, 0.2) is 12.4 Å². The van der Waals surface area contributed by atoms with Crippen LogP contribution in [0.4, 0.5) is 4.79 Å². The molecule has 4 rings (SSSR count). The Kier molecular flexibility index (Phi) is 4.87. The highest BCUT2D eigenvalue weighted by molar-refractivity contribution is 5.79. The first kappa shape index (κ1) is 17.4. The third-order valence-corrected chi connectivity index (χ3v) is 5.91. The van der Waals surface area contributed by atoms with Crippen LogP contribution in [0.25, 0.3) is 0 Å². The molecule has 0 radical (unpaired) electrons. The molecule has 3 fully saturated rings. The van der Waals surface area contributed by atoms with Gasteiger partial charge in [-0.2, -0.15) is 5.10 Å². The second kappa shape index (κ2) is 7.29. The van der Waals surface area contributed by atoms with Gasteiger partial charge in [-0.1, -0.05) is 12.8 Å². The molecule has 3 amide bonds. The number of nitrogens with zero attached hydrogens (tertiary/aromatic N) is 4. The molecule has 142 valence electrons. The van der Waals surface area contributed by atoms with Gasteiger partial charge in [0.2, 0.25) is 5.91 Å². The SMILES string of the molecule is Cn1cc(CN(C(=O)NCC2CC(=O)N(C3CCCC3)C2)C2CC2)cn1.